The standard InChI is InChI=1S/C25H36O4S.K/c1-2-3-4-5-6-7-8-9-10-11-13-16-22-19-20-24(25(21-22)30(26,27)28)29-23-17-14-12-15-18-23;/h12,14-15,17-21H,2-11,13,16H2,1H3,(H,26,27,28);/q;+1/p-1. The number of aryl methyl sites for hydroxylation is 1. The van der Waals surface area contributed by atoms with E-state index in [0.717, 1.165) is 24.8 Å². The first-order chi connectivity index (χ1) is 14.5. The second-order valence-corrected chi connectivity index (χ2v) is 9.28. The van der Waals surface area contributed by atoms with Crippen molar-refractivity contribution in [3.63, 3.8) is 0 Å². The monoisotopic (exact) mass is 470 g/mol. The third-order valence-corrected chi connectivity index (χ3v) is 6.18. The van der Waals surface area contributed by atoms with Crippen LogP contribution in [0.1, 0.15) is 83.1 Å². The van der Waals surface area contributed by atoms with E-state index in [1.165, 1.54) is 63.9 Å². The van der Waals surface area contributed by atoms with E-state index < -0.39 is 10.1 Å². The van der Waals surface area contributed by atoms with Crippen LogP contribution in [0.4, 0.5) is 0 Å². The van der Waals surface area contributed by atoms with Gasteiger partial charge in [-0.2, -0.15) is 0 Å². The molecule has 2 aromatic carbocycles. The number of rotatable bonds is 15. The molecule has 0 saturated carbocycles. The van der Waals surface area contributed by atoms with Gasteiger partial charge in [-0.3, -0.25) is 0 Å². The van der Waals surface area contributed by atoms with Crippen LogP contribution in [-0.2, 0) is 16.5 Å². The molecule has 0 bridgehead atoms. The summed E-state index contributed by atoms with van der Waals surface area (Å²) in [7, 11) is -4.61. The molecule has 2 aromatic rings. The second-order valence-electron chi connectivity index (χ2n) is 7.94. The number of unbranched alkanes of at least 4 members (excludes halogenated alkanes) is 10. The van der Waals surface area contributed by atoms with Crippen LogP contribution in [0.2, 0.25) is 0 Å². The smallest absolute Gasteiger partial charge is 0.744 e. The third-order valence-electron chi connectivity index (χ3n) is 5.32. The van der Waals surface area contributed by atoms with Crippen molar-refractivity contribution < 1.29 is 69.1 Å². The molecule has 0 unspecified atom stereocenters. The Labute approximate surface area is 231 Å². The summed E-state index contributed by atoms with van der Waals surface area (Å²) in [6.45, 7) is 2.24. The zero-order valence-corrected chi connectivity index (χ0v) is 23.1. The maximum atomic E-state index is 11.7. The Balaban J connectivity index is 0.00000480. The fourth-order valence-corrected chi connectivity index (χ4v) is 4.25. The summed E-state index contributed by atoms with van der Waals surface area (Å²) < 4.78 is 40.8. The quantitative estimate of drug-likeness (QED) is 0.222. The molecule has 2 rings (SSSR count). The van der Waals surface area contributed by atoms with Crippen LogP contribution in [-0.4, -0.2) is 13.0 Å². The number of ether oxygens (including phenoxy) is 1. The first-order valence-electron chi connectivity index (χ1n) is 11.3. The van der Waals surface area contributed by atoms with Gasteiger partial charge in [0.1, 0.15) is 21.6 Å². The topological polar surface area (TPSA) is 66.4 Å². The molecule has 166 valence electrons. The van der Waals surface area contributed by atoms with Crippen molar-refractivity contribution in [2.24, 2.45) is 0 Å². The van der Waals surface area contributed by atoms with Gasteiger partial charge in [0, 0.05) is 0 Å². The molecule has 0 atom stereocenters. The average molecular weight is 471 g/mol. The summed E-state index contributed by atoms with van der Waals surface area (Å²) in [6.07, 6.45) is 14.7. The number of hydrogen-bond donors (Lipinski definition) is 0. The minimum atomic E-state index is -4.61. The van der Waals surface area contributed by atoms with Gasteiger partial charge in [-0.1, -0.05) is 95.4 Å². The van der Waals surface area contributed by atoms with Crippen LogP contribution < -0.4 is 56.1 Å². The summed E-state index contributed by atoms with van der Waals surface area (Å²) in [5.41, 5.74) is 0.862. The largest absolute Gasteiger partial charge is 1.00 e. The van der Waals surface area contributed by atoms with Crippen molar-refractivity contribution in [2.45, 2.75) is 88.9 Å². The first-order valence-corrected chi connectivity index (χ1v) is 12.7. The molecule has 0 heterocycles. The Morgan fingerprint density at radius 1 is 0.774 bits per heavy atom. The van der Waals surface area contributed by atoms with E-state index in [0.29, 0.717) is 5.75 Å². The van der Waals surface area contributed by atoms with Crippen LogP contribution in [0.25, 0.3) is 0 Å². The first kappa shape index (κ1) is 28.8. The van der Waals surface area contributed by atoms with E-state index in [1.54, 1.807) is 30.3 Å². The van der Waals surface area contributed by atoms with E-state index >= 15 is 0 Å². The maximum Gasteiger partial charge on any atom is 1.00 e. The number of benzene rings is 2. The molecular formula is C25H35KO4S. The Bertz CT molecular complexity index is 838. The summed E-state index contributed by atoms with van der Waals surface area (Å²) in [5, 5.41) is 0. The molecule has 0 radical (unpaired) electrons. The summed E-state index contributed by atoms with van der Waals surface area (Å²) >= 11 is 0. The summed E-state index contributed by atoms with van der Waals surface area (Å²) in [4.78, 5) is -0.285. The van der Waals surface area contributed by atoms with Gasteiger partial charge in [0.05, 0.1) is 4.90 Å². The molecule has 0 aliphatic heterocycles. The fraction of sp³-hybridized carbons (Fsp3) is 0.520. The zero-order chi connectivity index (χ0) is 21.7. The van der Waals surface area contributed by atoms with Gasteiger partial charge in [0.25, 0.3) is 0 Å². The van der Waals surface area contributed by atoms with Gasteiger partial charge in [0.2, 0.25) is 0 Å². The average Bonchev–Trinajstić information content (AvgIpc) is 2.73. The van der Waals surface area contributed by atoms with Gasteiger partial charge in [-0.25, -0.2) is 8.42 Å². The Kier molecular flexibility index (Phi) is 15.3. The molecule has 0 amide bonds. The third kappa shape index (κ3) is 12.0. The molecule has 0 saturated heterocycles. The van der Waals surface area contributed by atoms with Crippen LogP contribution in [0.5, 0.6) is 11.5 Å². The molecule has 0 N–H and O–H groups in total. The minimum Gasteiger partial charge on any atom is -0.744 e. The molecule has 6 heteroatoms. The summed E-state index contributed by atoms with van der Waals surface area (Å²) in [6, 6.07) is 13.8. The van der Waals surface area contributed by atoms with E-state index in [1.807, 2.05) is 12.1 Å². The molecule has 0 spiro atoms. The van der Waals surface area contributed by atoms with Crippen molar-refractivity contribution in [1.29, 1.82) is 0 Å². The van der Waals surface area contributed by atoms with E-state index in [4.69, 9.17) is 4.74 Å². The molecule has 4 nitrogen and oxygen atoms in total. The van der Waals surface area contributed by atoms with Gasteiger partial charge in [-0.15, -0.1) is 0 Å². The van der Waals surface area contributed by atoms with Crippen LogP contribution in [0.15, 0.2) is 53.4 Å². The number of hydrogen-bond acceptors (Lipinski definition) is 4. The molecule has 0 aliphatic carbocycles. The van der Waals surface area contributed by atoms with Crippen molar-refractivity contribution >= 4 is 10.1 Å². The Hall–Kier alpha value is -0.214. The Morgan fingerprint density at radius 2 is 1.32 bits per heavy atom. The molecular weight excluding hydrogens is 435 g/mol. The van der Waals surface area contributed by atoms with Crippen LogP contribution >= 0.6 is 0 Å². The molecule has 0 aromatic heterocycles. The van der Waals surface area contributed by atoms with Gasteiger partial charge >= 0.3 is 51.4 Å². The van der Waals surface area contributed by atoms with Crippen LogP contribution in [0.3, 0.4) is 0 Å². The summed E-state index contributed by atoms with van der Waals surface area (Å²) in [5.74, 6) is 0.583. The maximum absolute atomic E-state index is 11.7. The van der Waals surface area contributed by atoms with Gasteiger partial charge in [0.15, 0.2) is 0 Å². The molecule has 0 fully saturated rings. The fourth-order valence-electron chi connectivity index (χ4n) is 3.60. The Morgan fingerprint density at radius 3 is 1.87 bits per heavy atom. The van der Waals surface area contributed by atoms with Crippen molar-refractivity contribution in [3.05, 3.63) is 54.1 Å². The number of para-hydroxylation sites is 1. The van der Waals surface area contributed by atoms with Crippen molar-refractivity contribution in [3.8, 4) is 11.5 Å². The second kappa shape index (κ2) is 16.4. The van der Waals surface area contributed by atoms with Crippen molar-refractivity contribution in [1.82, 2.24) is 0 Å². The SMILES string of the molecule is CCCCCCCCCCCCCc1ccc(Oc2ccccc2)c(S(=O)(=O)[O-])c1.[K+]. The van der Waals surface area contributed by atoms with Gasteiger partial charge in [-0.05, 0) is 42.7 Å². The molecule has 0 aliphatic rings. The van der Waals surface area contributed by atoms with E-state index in [-0.39, 0.29) is 62.0 Å². The van der Waals surface area contributed by atoms with E-state index in [2.05, 4.69) is 6.92 Å². The van der Waals surface area contributed by atoms with Gasteiger partial charge < -0.3 is 9.29 Å². The normalized spacial score (nSPS) is 11.2. The van der Waals surface area contributed by atoms with E-state index in [9.17, 15) is 13.0 Å². The minimum absolute atomic E-state index is 0. The zero-order valence-electron chi connectivity index (χ0n) is 19.1. The van der Waals surface area contributed by atoms with Crippen molar-refractivity contribution in [2.75, 3.05) is 0 Å². The molecule has 31 heavy (non-hydrogen) atoms. The predicted molar refractivity (Wildman–Crippen MR) is 121 cm³/mol. The van der Waals surface area contributed by atoms with Crippen LogP contribution in [0, 0.1) is 0 Å². The predicted octanol–water partition coefficient (Wildman–Crippen LogP) is 4.24.